The summed E-state index contributed by atoms with van der Waals surface area (Å²) < 4.78 is 69.8. The number of fused-ring (bicyclic) bond motifs is 1. The molecule has 0 spiro atoms. The Balaban J connectivity index is 0.00000703. The first kappa shape index (κ1) is 34.1. The van der Waals surface area contributed by atoms with Gasteiger partial charge in [0.1, 0.15) is 11.6 Å². The summed E-state index contributed by atoms with van der Waals surface area (Å²) in [6, 6.07) is 35.4. The molecule has 0 aliphatic rings. The molecule has 2 aromatic heterocycles. The van der Waals surface area contributed by atoms with Crippen molar-refractivity contribution in [3.63, 3.8) is 0 Å². The topological polar surface area (TPSA) is 50.9 Å². The predicted octanol–water partition coefficient (Wildman–Crippen LogP) is 15.2. The van der Waals surface area contributed by atoms with Crippen molar-refractivity contribution in [2.45, 2.75) is 92.3 Å². The van der Waals surface area contributed by atoms with Gasteiger partial charge in [-0.15, -0.1) is 29.3 Å². The Labute approximate surface area is 388 Å². The number of hydrogen-bond acceptors (Lipinski definition) is 3. The van der Waals surface area contributed by atoms with Crippen LogP contribution in [0.4, 0.5) is 0 Å². The second-order valence-electron chi connectivity index (χ2n) is 17.5. The van der Waals surface area contributed by atoms with Crippen molar-refractivity contribution in [3.8, 4) is 67.5 Å². The zero-order chi connectivity index (χ0) is 49.4. The van der Waals surface area contributed by atoms with Gasteiger partial charge in [0.2, 0.25) is 0 Å². The average molecular weight is 990 g/mol. The third-order valence-electron chi connectivity index (χ3n) is 11.2. The molecule has 8 aromatic rings. The van der Waals surface area contributed by atoms with Gasteiger partial charge in [0.15, 0.2) is 0 Å². The molecule has 0 saturated heterocycles. The van der Waals surface area contributed by atoms with Gasteiger partial charge >= 0.3 is 0 Å². The van der Waals surface area contributed by atoms with Crippen molar-refractivity contribution in [2.24, 2.45) is 0 Å². The van der Waals surface area contributed by atoms with Gasteiger partial charge in [0.25, 0.3) is 0 Å². The van der Waals surface area contributed by atoms with E-state index in [-0.39, 0.29) is 49.6 Å². The van der Waals surface area contributed by atoms with E-state index in [0.29, 0.717) is 33.7 Å². The van der Waals surface area contributed by atoms with Crippen LogP contribution in [0, 0.1) is 12.9 Å². The van der Waals surface area contributed by atoms with Crippen LogP contribution in [0.25, 0.3) is 72.7 Å². The van der Waals surface area contributed by atoms with Crippen LogP contribution in [-0.2, 0) is 26.5 Å². The van der Waals surface area contributed by atoms with E-state index in [9.17, 15) is 6.48 Å². The largest absolute Gasteiger partial charge is 0.507 e. The Morgan fingerprint density at radius 1 is 0.705 bits per heavy atom. The molecular formula is C56H56N3OPt-. The molecular weight excluding hydrogens is 926 g/mol. The van der Waals surface area contributed by atoms with E-state index < -0.39 is 42.5 Å². The molecule has 0 aliphatic carbocycles. The van der Waals surface area contributed by atoms with Crippen LogP contribution in [0.3, 0.4) is 0 Å². The molecule has 0 bridgehead atoms. The molecule has 0 saturated carbocycles. The predicted molar refractivity (Wildman–Crippen MR) is 252 cm³/mol. The van der Waals surface area contributed by atoms with Gasteiger partial charge in [-0.1, -0.05) is 164 Å². The van der Waals surface area contributed by atoms with Crippen LogP contribution >= 0.6 is 0 Å². The Morgan fingerprint density at radius 3 is 2.11 bits per heavy atom. The Morgan fingerprint density at radius 2 is 1.44 bits per heavy atom. The number of aromatic nitrogens is 3. The normalized spacial score (nSPS) is 14.1. The van der Waals surface area contributed by atoms with Gasteiger partial charge in [0, 0.05) is 44.1 Å². The minimum atomic E-state index is -2.83. The van der Waals surface area contributed by atoms with Crippen molar-refractivity contribution >= 4 is 11.0 Å². The molecule has 0 radical (unpaired) electrons. The molecule has 0 fully saturated rings. The van der Waals surface area contributed by atoms with Crippen LogP contribution in [0.5, 0.6) is 5.75 Å². The van der Waals surface area contributed by atoms with Gasteiger partial charge in [-0.2, -0.15) is 0 Å². The van der Waals surface area contributed by atoms with E-state index in [1.807, 2.05) is 68.4 Å². The Hall–Kier alpha value is -5.57. The summed E-state index contributed by atoms with van der Waals surface area (Å²) in [5.74, 6) is -0.0645. The van der Waals surface area contributed by atoms with Crippen LogP contribution in [-0.4, -0.2) is 19.6 Å². The zero-order valence-corrected chi connectivity index (χ0v) is 38.4. The van der Waals surface area contributed by atoms with Gasteiger partial charge in [-0.25, -0.2) is 4.98 Å². The minimum absolute atomic E-state index is 0. The SMILES string of the molecule is [2H]c1c([2H])c(C([2H])([2H])[2H])c([2H])c([2H])c1-c1ccnc(-c2[c-]c(-c3cccc4c3nc(-c3cc(C(C)C)cc(C(C)C)c3O)n4-c3cc(-c4ccccc4)cc(C([2H])(C)C)c3)cc(C(C)(C)C)c2)c1.[Pt]. The second-order valence-corrected chi connectivity index (χ2v) is 17.5. The smallest absolute Gasteiger partial charge is 0.148 e. The van der Waals surface area contributed by atoms with Gasteiger partial charge < -0.3 is 5.11 Å². The Bertz CT molecular complexity index is 3230. The average Bonchev–Trinajstić information content (AvgIpc) is 3.67. The minimum Gasteiger partial charge on any atom is -0.507 e. The summed E-state index contributed by atoms with van der Waals surface area (Å²) in [6.07, 6.45) is 1.54. The number of benzene rings is 6. The summed E-state index contributed by atoms with van der Waals surface area (Å²) >= 11 is 0. The van der Waals surface area contributed by atoms with Gasteiger partial charge in [-0.05, 0) is 99.3 Å². The molecule has 2 heterocycles. The molecule has 61 heavy (non-hydrogen) atoms. The molecule has 5 heteroatoms. The molecule has 0 atom stereocenters. The molecule has 8 rings (SSSR count). The fourth-order valence-electron chi connectivity index (χ4n) is 7.69. The van der Waals surface area contributed by atoms with Crippen LogP contribution in [0.1, 0.15) is 119 Å². The molecule has 4 nitrogen and oxygen atoms in total. The third-order valence-corrected chi connectivity index (χ3v) is 11.2. The van der Waals surface area contributed by atoms with E-state index in [1.54, 1.807) is 18.3 Å². The number of phenols is 1. The van der Waals surface area contributed by atoms with Crippen LogP contribution in [0.2, 0.25) is 0 Å². The number of phenolic OH excluding ortho intramolecular Hbond substituents is 1. The monoisotopic (exact) mass is 989 g/mol. The summed E-state index contributed by atoms with van der Waals surface area (Å²) in [4.78, 5) is 10.2. The maximum atomic E-state index is 12.3. The van der Waals surface area contributed by atoms with Gasteiger partial charge in [-0.3, -0.25) is 9.55 Å². The number of hydrogen-bond donors (Lipinski definition) is 1. The van der Waals surface area contributed by atoms with E-state index >= 15 is 0 Å². The first-order chi connectivity index (χ1) is 31.8. The van der Waals surface area contributed by atoms with E-state index in [0.717, 1.165) is 55.7 Å². The van der Waals surface area contributed by atoms with Crippen molar-refractivity contribution in [3.05, 3.63) is 167 Å². The second kappa shape index (κ2) is 17.4. The number of imidazole rings is 1. The first-order valence-electron chi connectivity index (χ1n) is 24.6. The molecule has 1 N–H and O–H groups in total. The number of rotatable bonds is 9. The van der Waals surface area contributed by atoms with Crippen molar-refractivity contribution in [2.75, 3.05) is 0 Å². The summed E-state index contributed by atoms with van der Waals surface area (Å²) in [6.45, 7) is 15.7. The van der Waals surface area contributed by atoms with Gasteiger partial charge in [0.05, 0.1) is 22.1 Å². The summed E-state index contributed by atoms with van der Waals surface area (Å²) in [5.41, 5.74) is 10.4. The first-order valence-corrected chi connectivity index (χ1v) is 20.6. The fourth-order valence-corrected chi connectivity index (χ4v) is 7.69. The number of aromatic hydroxyl groups is 1. The third kappa shape index (κ3) is 8.79. The van der Waals surface area contributed by atoms with E-state index in [4.69, 9.17) is 19.6 Å². The number of nitrogens with zero attached hydrogens (tertiary/aromatic N) is 3. The van der Waals surface area contributed by atoms with E-state index in [2.05, 4.69) is 95.5 Å². The maximum absolute atomic E-state index is 12.3. The van der Waals surface area contributed by atoms with Crippen molar-refractivity contribution in [1.82, 2.24) is 14.5 Å². The zero-order valence-electron chi connectivity index (χ0n) is 44.2. The molecule has 6 aromatic carbocycles. The Kier molecular flexibility index (Phi) is 9.73. The maximum Gasteiger partial charge on any atom is 0.148 e. The van der Waals surface area contributed by atoms with E-state index in [1.165, 1.54) is 0 Å². The molecule has 312 valence electrons. The summed E-state index contributed by atoms with van der Waals surface area (Å²) in [5, 5.41) is 12.3. The van der Waals surface area contributed by atoms with Crippen molar-refractivity contribution < 1.29 is 37.1 Å². The standard InChI is InChI=1S/C56H56N3O.Pt/c1-34(2)41-25-43(38-15-12-11-13-16-38)30-47(29-41)59-52-18-14-17-48(53(52)58-55(59)50-32-42(35(3)4)31-49(36(5)6)54(50)60)44-26-45(28-46(27-44)56(8,9)10)51-33-40(23-24-57-51)39-21-19-37(7)20-22-39;/h11-25,27-36,60H,1-10H3;/q-1;/i7D3,19D,20D,21D,22D,34D;. The molecule has 0 amide bonds. The molecule has 0 aliphatic heterocycles. The summed E-state index contributed by atoms with van der Waals surface area (Å²) in [7, 11) is 0. The molecule has 0 unspecified atom stereocenters. The van der Waals surface area contributed by atoms with Crippen LogP contribution in [0.15, 0.2) is 133 Å². The fraction of sp³-hybridized carbons (Fsp3) is 0.250. The van der Waals surface area contributed by atoms with Crippen molar-refractivity contribution in [1.29, 1.82) is 0 Å². The number of pyridine rings is 1. The quantitative estimate of drug-likeness (QED) is 0.147. The van der Waals surface area contributed by atoms with Crippen LogP contribution < -0.4 is 0 Å². The number of para-hydroxylation sites is 1.